The van der Waals surface area contributed by atoms with Gasteiger partial charge >= 0.3 is 5.69 Å². The first-order valence-corrected chi connectivity index (χ1v) is 8.04. The Balaban J connectivity index is 2.23. The van der Waals surface area contributed by atoms with Gasteiger partial charge in [-0.05, 0) is 18.4 Å². The Morgan fingerprint density at radius 3 is 2.77 bits per heavy atom. The van der Waals surface area contributed by atoms with E-state index in [2.05, 4.69) is 0 Å². The minimum absolute atomic E-state index is 0.120. The number of hydrogen-bond acceptors (Lipinski definition) is 5. The molecule has 2 aromatic rings. The average Bonchev–Trinajstić information content (AvgIpc) is 3.04. The van der Waals surface area contributed by atoms with Gasteiger partial charge in [0.1, 0.15) is 0 Å². The van der Waals surface area contributed by atoms with Crippen LogP contribution in [0, 0.1) is 0 Å². The zero-order valence-electron chi connectivity index (χ0n) is 12.7. The lowest BCUT2D eigenvalue weighted by Crippen LogP contribution is -2.44. The second-order valence-corrected chi connectivity index (χ2v) is 6.21. The van der Waals surface area contributed by atoms with Crippen LogP contribution in [0.5, 0.6) is 5.88 Å². The number of rotatable bonds is 3. The maximum Gasteiger partial charge on any atom is 0.333 e. The molecule has 118 valence electrons. The highest BCUT2D eigenvalue weighted by Crippen LogP contribution is 2.39. The van der Waals surface area contributed by atoms with E-state index in [1.807, 2.05) is 24.4 Å². The molecule has 2 atom stereocenters. The standard InChI is InChI=1S/C15H18N2O4S/c1-4-20-11-8-9(10-6-5-7-22-10)12-13(18)16(2)15(19)17(3)14(12)21-11/h5-7,9,11H,4,8H2,1-3H3. The fourth-order valence-electron chi connectivity index (χ4n) is 2.81. The molecule has 3 rings (SSSR count). The van der Waals surface area contributed by atoms with Crippen molar-refractivity contribution in [2.75, 3.05) is 6.61 Å². The average molecular weight is 322 g/mol. The second-order valence-electron chi connectivity index (χ2n) is 5.23. The van der Waals surface area contributed by atoms with Crippen molar-refractivity contribution in [2.24, 2.45) is 14.1 Å². The van der Waals surface area contributed by atoms with Gasteiger partial charge < -0.3 is 9.47 Å². The molecule has 0 saturated carbocycles. The maximum absolute atomic E-state index is 12.6. The monoisotopic (exact) mass is 322 g/mol. The molecule has 0 radical (unpaired) electrons. The summed E-state index contributed by atoms with van der Waals surface area (Å²) in [5.41, 5.74) is -0.166. The predicted octanol–water partition coefficient (Wildman–Crippen LogP) is 1.42. The van der Waals surface area contributed by atoms with Crippen molar-refractivity contribution < 1.29 is 9.47 Å². The predicted molar refractivity (Wildman–Crippen MR) is 83.7 cm³/mol. The number of ether oxygens (including phenoxy) is 2. The number of thiophene rings is 1. The number of hydrogen-bond donors (Lipinski definition) is 0. The summed E-state index contributed by atoms with van der Waals surface area (Å²) in [7, 11) is 3.10. The van der Waals surface area contributed by atoms with Crippen molar-refractivity contribution in [1.82, 2.24) is 9.13 Å². The molecule has 22 heavy (non-hydrogen) atoms. The van der Waals surface area contributed by atoms with Gasteiger partial charge in [0.2, 0.25) is 12.2 Å². The zero-order valence-corrected chi connectivity index (χ0v) is 13.6. The van der Waals surface area contributed by atoms with Crippen LogP contribution in [0.4, 0.5) is 0 Å². The van der Waals surface area contributed by atoms with Crippen LogP contribution in [0.1, 0.15) is 29.7 Å². The Kier molecular flexibility index (Phi) is 3.92. The Hall–Kier alpha value is -1.86. The molecule has 0 saturated heterocycles. The molecule has 2 aromatic heterocycles. The lowest BCUT2D eigenvalue weighted by atomic mass is 9.93. The highest BCUT2D eigenvalue weighted by atomic mass is 32.1. The van der Waals surface area contributed by atoms with Gasteiger partial charge in [-0.3, -0.25) is 13.9 Å². The fraction of sp³-hybridized carbons (Fsp3) is 0.467. The van der Waals surface area contributed by atoms with Crippen LogP contribution in [-0.4, -0.2) is 22.0 Å². The summed E-state index contributed by atoms with van der Waals surface area (Å²) in [6.45, 7) is 2.40. The highest BCUT2D eigenvalue weighted by Gasteiger charge is 2.35. The summed E-state index contributed by atoms with van der Waals surface area (Å²) >= 11 is 1.59. The van der Waals surface area contributed by atoms with Gasteiger partial charge in [0.05, 0.1) is 5.56 Å². The molecule has 6 nitrogen and oxygen atoms in total. The van der Waals surface area contributed by atoms with Gasteiger partial charge in [0, 0.05) is 37.9 Å². The van der Waals surface area contributed by atoms with Gasteiger partial charge in [-0.1, -0.05) is 6.07 Å². The van der Waals surface area contributed by atoms with Crippen molar-refractivity contribution in [3.63, 3.8) is 0 Å². The smallest absolute Gasteiger partial charge is 0.333 e. The quantitative estimate of drug-likeness (QED) is 0.857. The molecule has 0 fully saturated rings. The summed E-state index contributed by atoms with van der Waals surface area (Å²) in [5.74, 6) is 0.196. The molecule has 0 aliphatic carbocycles. The van der Waals surface area contributed by atoms with Crippen LogP contribution >= 0.6 is 11.3 Å². The Labute approximate surface area is 131 Å². The van der Waals surface area contributed by atoms with Crippen LogP contribution in [0.2, 0.25) is 0 Å². The first-order chi connectivity index (χ1) is 10.5. The summed E-state index contributed by atoms with van der Waals surface area (Å²) < 4.78 is 13.9. The van der Waals surface area contributed by atoms with Gasteiger partial charge in [-0.15, -0.1) is 11.3 Å². The van der Waals surface area contributed by atoms with Crippen molar-refractivity contribution in [3.05, 3.63) is 48.8 Å². The first-order valence-electron chi connectivity index (χ1n) is 7.16. The minimum atomic E-state index is -0.456. The largest absolute Gasteiger partial charge is 0.449 e. The second kappa shape index (κ2) is 5.73. The topological polar surface area (TPSA) is 62.5 Å². The number of fused-ring (bicyclic) bond motifs is 1. The minimum Gasteiger partial charge on any atom is -0.449 e. The number of aromatic nitrogens is 2. The molecule has 0 aromatic carbocycles. The van der Waals surface area contributed by atoms with E-state index in [0.717, 1.165) is 9.44 Å². The van der Waals surface area contributed by atoms with Crippen molar-refractivity contribution in [1.29, 1.82) is 0 Å². The van der Waals surface area contributed by atoms with E-state index in [0.29, 0.717) is 24.5 Å². The Bertz CT molecular complexity index is 791. The zero-order chi connectivity index (χ0) is 15.9. The molecule has 1 aliphatic rings. The van der Waals surface area contributed by atoms with E-state index in [9.17, 15) is 9.59 Å². The molecular weight excluding hydrogens is 304 g/mol. The molecule has 0 amide bonds. The van der Waals surface area contributed by atoms with E-state index in [1.54, 1.807) is 18.4 Å². The van der Waals surface area contributed by atoms with Crippen LogP contribution in [-0.2, 0) is 18.8 Å². The summed E-state index contributed by atoms with van der Waals surface area (Å²) in [5, 5.41) is 1.98. The first kappa shape index (κ1) is 15.1. The van der Waals surface area contributed by atoms with E-state index in [1.165, 1.54) is 11.6 Å². The van der Waals surface area contributed by atoms with Crippen LogP contribution in [0.15, 0.2) is 27.1 Å². The molecule has 2 unspecified atom stereocenters. The van der Waals surface area contributed by atoms with Gasteiger partial charge in [0.25, 0.3) is 5.56 Å². The molecule has 7 heteroatoms. The van der Waals surface area contributed by atoms with Gasteiger partial charge in [-0.2, -0.15) is 0 Å². The fourth-order valence-corrected chi connectivity index (χ4v) is 3.66. The lowest BCUT2D eigenvalue weighted by molar-refractivity contribution is -0.0942. The highest BCUT2D eigenvalue weighted by molar-refractivity contribution is 7.10. The van der Waals surface area contributed by atoms with Crippen LogP contribution in [0.3, 0.4) is 0 Å². The Morgan fingerprint density at radius 2 is 2.14 bits per heavy atom. The van der Waals surface area contributed by atoms with Crippen molar-refractivity contribution in [3.8, 4) is 5.88 Å². The van der Waals surface area contributed by atoms with Crippen molar-refractivity contribution in [2.45, 2.75) is 25.6 Å². The van der Waals surface area contributed by atoms with E-state index in [4.69, 9.17) is 9.47 Å². The third-order valence-corrected chi connectivity index (χ3v) is 4.89. The summed E-state index contributed by atoms with van der Waals surface area (Å²) in [6.07, 6.45) is 0.108. The third kappa shape index (κ3) is 2.30. The summed E-state index contributed by atoms with van der Waals surface area (Å²) in [6, 6.07) is 3.95. The molecular formula is C15H18N2O4S. The van der Waals surface area contributed by atoms with Crippen LogP contribution < -0.4 is 16.0 Å². The molecule has 0 N–H and O–H groups in total. The SMILES string of the molecule is CCOC1CC(c2cccs2)c2c(n(C)c(=O)n(C)c2=O)O1. The van der Waals surface area contributed by atoms with Crippen molar-refractivity contribution >= 4 is 11.3 Å². The van der Waals surface area contributed by atoms with E-state index < -0.39 is 12.0 Å². The number of nitrogens with zero attached hydrogens (tertiary/aromatic N) is 2. The molecule has 1 aliphatic heterocycles. The van der Waals surface area contributed by atoms with E-state index >= 15 is 0 Å². The molecule has 0 spiro atoms. The normalized spacial score (nSPS) is 20.5. The third-order valence-electron chi connectivity index (χ3n) is 3.90. The Morgan fingerprint density at radius 1 is 1.36 bits per heavy atom. The van der Waals surface area contributed by atoms with E-state index in [-0.39, 0.29) is 11.5 Å². The van der Waals surface area contributed by atoms with Gasteiger partial charge in [0.15, 0.2) is 0 Å². The molecule has 0 bridgehead atoms. The van der Waals surface area contributed by atoms with Gasteiger partial charge in [-0.25, -0.2) is 4.79 Å². The maximum atomic E-state index is 12.6. The molecule has 3 heterocycles. The summed E-state index contributed by atoms with van der Waals surface area (Å²) in [4.78, 5) is 25.8. The van der Waals surface area contributed by atoms with Crippen LogP contribution in [0.25, 0.3) is 0 Å². The lowest BCUT2D eigenvalue weighted by Gasteiger charge is -2.31.